The Bertz CT molecular complexity index is 947. The van der Waals surface area contributed by atoms with Crippen molar-refractivity contribution in [3.05, 3.63) is 45.4 Å². The highest BCUT2D eigenvalue weighted by molar-refractivity contribution is 7.89. The molecule has 0 aliphatic carbocycles. The summed E-state index contributed by atoms with van der Waals surface area (Å²) in [5.74, 6) is -0.207. The molecule has 1 fully saturated rings. The lowest BCUT2D eigenvalue weighted by atomic mass is 10.1. The Morgan fingerprint density at radius 3 is 2.61 bits per heavy atom. The van der Waals surface area contributed by atoms with Crippen LogP contribution in [-0.4, -0.2) is 48.7 Å². The second-order valence-electron chi connectivity index (χ2n) is 7.19. The van der Waals surface area contributed by atoms with Gasteiger partial charge in [-0.25, -0.2) is 13.4 Å². The van der Waals surface area contributed by atoms with Crippen LogP contribution in [0.4, 0.5) is 0 Å². The molecule has 0 saturated carbocycles. The number of carbonyl (C=O) groups excluding carboxylic acids is 1. The van der Waals surface area contributed by atoms with Gasteiger partial charge in [-0.15, -0.1) is 11.3 Å². The van der Waals surface area contributed by atoms with Crippen LogP contribution < -0.4 is 0 Å². The number of aromatic nitrogens is 1. The highest BCUT2D eigenvalue weighted by Crippen LogP contribution is 2.25. The van der Waals surface area contributed by atoms with Crippen molar-refractivity contribution in [2.24, 2.45) is 0 Å². The summed E-state index contributed by atoms with van der Waals surface area (Å²) in [5, 5.41) is 3.00. The third-order valence-corrected chi connectivity index (χ3v) is 8.10. The zero-order valence-corrected chi connectivity index (χ0v) is 18.3. The first-order chi connectivity index (χ1) is 13.3. The Morgan fingerprint density at radius 1 is 1.25 bits per heavy atom. The van der Waals surface area contributed by atoms with Crippen molar-refractivity contribution in [2.45, 2.75) is 51.0 Å². The highest BCUT2D eigenvalue weighted by Gasteiger charge is 2.28. The van der Waals surface area contributed by atoms with E-state index in [9.17, 15) is 13.2 Å². The molecule has 0 N–H and O–H groups in total. The van der Waals surface area contributed by atoms with E-state index in [1.165, 1.54) is 6.07 Å². The average molecular weight is 422 g/mol. The smallest absolute Gasteiger partial charge is 0.253 e. The second-order valence-corrected chi connectivity index (χ2v) is 10.0. The summed E-state index contributed by atoms with van der Waals surface area (Å²) in [6.45, 7) is 5.31. The SMILES string of the molecule is CCc1nc(CN(C)C(=O)c2ccc(C)c(S(=O)(=O)N3CCCCC3)c2)cs1. The number of hydrogen-bond acceptors (Lipinski definition) is 5. The predicted octanol–water partition coefficient (Wildman–Crippen LogP) is 3.46. The first-order valence-electron chi connectivity index (χ1n) is 9.62. The van der Waals surface area contributed by atoms with E-state index in [4.69, 9.17) is 0 Å². The molecule has 1 saturated heterocycles. The van der Waals surface area contributed by atoms with Gasteiger partial charge in [0.2, 0.25) is 10.0 Å². The molecule has 1 aromatic heterocycles. The molecule has 0 unspecified atom stereocenters. The maximum atomic E-state index is 13.1. The lowest BCUT2D eigenvalue weighted by molar-refractivity contribution is 0.0783. The minimum absolute atomic E-state index is 0.207. The fourth-order valence-corrected chi connectivity index (χ4v) is 5.88. The molecule has 0 radical (unpaired) electrons. The first-order valence-corrected chi connectivity index (χ1v) is 11.9. The summed E-state index contributed by atoms with van der Waals surface area (Å²) in [7, 11) is -1.87. The van der Waals surface area contributed by atoms with E-state index in [1.807, 2.05) is 12.3 Å². The lowest BCUT2D eigenvalue weighted by Crippen LogP contribution is -2.36. The molecule has 2 aromatic rings. The molecule has 0 spiro atoms. The van der Waals surface area contributed by atoms with Crippen LogP contribution in [0, 0.1) is 6.92 Å². The quantitative estimate of drug-likeness (QED) is 0.716. The van der Waals surface area contributed by atoms with Crippen LogP contribution in [0.1, 0.15) is 52.8 Å². The van der Waals surface area contributed by atoms with E-state index in [2.05, 4.69) is 4.98 Å². The normalized spacial score (nSPS) is 15.5. The van der Waals surface area contributed by atoms with E-state index in [1.54, 1.807) is 46.6 Å². The maximum Gasteiger partial charge on any atom is 0.253 e. The van der Waals surface area contributed by atoms with Gasteiger partial charge in [0.25, 0.3) is 5.91 Å². The summed E-state index contributed by atoms with van der Waals surface area (Å²) in [5.41, 5.74) is 1.90. The van der Waals surface area contributed by atoms with Gasteiger partial charge in [0.1, 0.15) is 0 Å². The van der Waals surface area contributed by atoms with Gasteiger partial charge in [-0.1, -0.05) is 19.4 Å². The second kappa shape index (κ2) is 8.71. The number of nitrogens with zero attached hydrogens (tertiary/aromatic N) is 3. The van der Waals surface area contributed by atoms with Crippen molar-refractivity contribution in [3.63, 3.8) is 0 Å². The summed E-state index contributed by atoms with van der Waals surface area (Å²) >= 11 is 1.59. The minimum Gasteiger partial charge on any atom is -0.336 e. The van der Waals surface area contributed by atoms with Crippen molar-refractivity contribution >= 4 is 27.3 Å². The van der Waals surface area contributed by atoms with Crippen molar-refractivity contribution in [1.29, 1.82) is 0 Å². The van der Waals surface area contributed by atoms with Crippen molar-refractivity contribution in [3.8, 4) is 0 Å². The van der Waals surface area contributed by atoms with E-state index < -0.39 is 10.0 Å². The molecule has 1 amide bonds. The Labute approximate surface area is 171 Å². The molecular weight excluding hydrogens is 394 g/mol. The number of rotatable bonds is 6. The Kier molecular flexibility index (Phi) is 6.52. The number of hydrogen-bond donors (Lipinski definition) is 0. The number of benzene rings is 1. The van der Waals surface area contributed by atoms with Gasteiger partial charge >= 0.3 is 0 Å². The van der Waals surface area contributed by atoms with Crippen LogP contribution >= 0.6 is 11.3 Å². The van der Waals surface area contributed by atoms with Crippen molar-refractivity contribution < 1.29 is 13.2 Å². The fourth-order valence-electron chi connectivity index (χ4n) is 3.37. The number of amides is 1. The average Bonchev–Trinajstić information content (AvgIpc) is 3.16. The molecular formula is C20H27N3O3S2. The Hall–Kier alpha value is -1.77. The summed E-state index contributed by atoms with van der Waals surface area (Å²) < 4.78 is 27.7. The summed E-state index contributed by atoms with van der Waals surface area (Å²) in [6.07, 6.45) is 3.70. The van der Waals surface area contributed by atoms with Crippen LogP contribution in [0.5, 0.6) is 0 Å². The van der Waals surface area contributed by atoms with E-state index in [0.717, 1.165) is 36.4 Å². The van der Waals surface area contributed by atoms with Gasteiger partial charge in [-0.3, -0.25) is 4.79 Å². The monoisotopic (exact) mass is 421 g/mol. The summed E-state index contributed by atoms with van der Waals surface area (Å²) in [4.78, 5) is 19.2. The topological polar surface area (TPSA) is 70.6 Å². The molecule has 3 rings (SSSR count). The third kappa shape index (κ3) is 4.45. The van der Waals surface area contributed by atoms with E-state index in [-0.39, 0.29) is 10.8 Å². The molecule has 1 aliphatic rings. The number of carbonyl (C=O) groups is 1. The minimum atomic E-state index is -3.58. The molecule has 2 heterocycles. The highest BCUT2D eigenvalue weighted by atomic mass is 32.2. The van der Waals surface area contributed by atoms with Gasteiger partial charge in [0.15, 0.2) is 0 Å². The van der Waals surface area contributed by atoms with Crippen LogP contribution in [0.25, 0.3) is 0 Å². The predicted molar refractivity (Wildman–Crippen MR) is 111 cm³/mol. The van der Waals surface area contributed by atoms with Crippen LogP contribution in [0.2, 0.25) is 0 Å². The van der Waals surface area contributed by atoms with Gasteiger partial charge in [-0.2, -0.15) is 4.31 Å². The standard InChI is InChI=1S/C20H27N3O3S2/c1-4-19-21-17(14-27-19)13-22(3)20(24)16-9-8-15(2)18(12-16)28(25,26)23-10-6-5-7-11-23/h8-9,12,14H,4-7,10-11,13H2,1-3H3. The first kappa shape index (κ1) is 21.0. The van der Waals surface area contributed by atoms with Gasteiger partial charge in [0.05, 0.1) is 22.1 Å². The third-order valence-electron chi connectivity index (χ3n) is 5.02. The van der Waals surface area contributed by atoms with Gasteiger partial charge < -0.3 is 4.90 Å². The zero-order chi connectivity index (χ0) is 20.3. The molecule has 0 atom stereocenters. The number of sulfonamides is 1. The lowest BCUT2D eigenvalue weighted by Gasteiger charge is -2.27. The van der Waals surface area contributed by atoms with Crippen LogP contribution in [-0.2, 0) is 23.0 Å². The Morgan fingerprint density at radius 2 is 1.96 bits per heavy atom. The zero-order valence-electron chi connectivity index (χ0n) is 16.6. The van der Waals surface area contributed by atoms with Gasteiger partial charge in [-0.05, 0) is 43.9 Å². The largest absolute Gasteiger partial charge is 0.336 e. The molecule has 28 heavy (non-hydrogen) atoms. The molecule has 152 valence electrons. The summed E-state index contributed by atoms with van der Waals surface area (Å²) in [6, 6.07) is 4.94. The number of piperidine rings is 1. The fraction of sp³-hybridized carbons (Fsp3) is 0.500. The molecule has 1 aromatic carbocycles. The van der Waals surface area contributed by atoms with Gasteiger partial charge in [0, 0.05) is 31.1 Å². The molecule has 6 nitrogen and oxygen atoms in total. The van der Waals surface area contributed by atoms with Crippen molar-refractivity contribution in [1.82, 2.24) is 14.2 Å². The molecule has 0 bridgehead atoms. The van der Waals surface area contributed by atoms with Crippen LogP contribution in [0.15, 0.2) is 28.5 Å². The van der Waals surface area contributed by atoms with Crippen LogP contribution in [0.3, 0.4) is 0 Å². The van der Waals surface area contributed by atoms with E-state index >= 15 is 0 Å². The maximum absolute atomic E-state index is 13.1. The van der Waals surface area contributed by atoms with Crippen molar-refractivity contribution in [2.75, 3.05) is 20.1 Å². The number of thiazole rings is 1. The number of aryl methyl sites for hydroxylation is 2. The molecule has 8 heteroatoms. The Balaban J connectivity index is 1.82. The van der Waals surface area contributed by atoms with E-state index in [0.29, 0.717) is 30.8 Å². The molecule has 1 aliphatic heterocycles.